The van der Waals surface area contributed by atoms with E-state index in [1.165, 1.54) is 0 Å². The van der Waals surface area contributed by atoms with Gasteiger partial charge in [-0.2, -0.15) is 0 Å². The third-order valence-electron chi connectivity index (χ3n) is 3.30. The molecule has 104 valence electrons. The van der Waals surface area contributed by atoms with E-state index in [-0.39, 0.29) is 11.4 Å². The van der Waals surface area contributed by atoms with Crippen molar-refractivity contribution in [1.29, 1.82) is 0 Å². The van der Waals surface area contributed by atoms with Crippen LogP contribution in [0.3, 0.4) is 0 Å². The van der Waals surface area contributed by atoms with Crippen molar-refractivity contribution in [3.63, 3.8) is 0 Å². The highest BCUT2D eigenvalue weighted by atomic mass is 16.4. The largest absolute Gasteiger partial charge is 0.481 e. The number of rotatable bonds is 2. The van der Waals surface area contributed by atoms with E-state index >= 15 is 0 Å². The van der Waals surface area contributed by atoms with Gasteiger partial charge in [0.1, 0.15) is 0 Å². The number of aliphatic carboxylic acids is 1. The van der Waals surface area contributed by atoms with Crippen molar-refractivity contribution in [1.82, 2.24) is 9.80 Å². The molecule has 0 aromatic heterocycles. The van der Waals surface area contributed by atoms with Gasteiger partial charge < -0.3 is 14.9 Å². The van der Waals surface area contributed by atoms with Crippen LogP contribution in [0.25, 0.3) is 0 Å². The van der Waals surface area contributed by atoms with E-state index in [0.717, 1.165) is 0 Å². The Morgan fingerprint density at radius 1 is 1.39 bits per heavy atom. The molecule has 1 fully saturated rings. The summed E-state index contributed by atoms with van der Waals surface area (Å²) in [6, 6.07) is -0.0742. The predicted octanol–water partition coefficient (Wildman–Crippen LogP) is 1.88. The van der Waals surface area contributed by atoms with Crippen LogP contribution in [0, 0.1) is 10.8 Å². The first kappa shape index (κ1) is 14.8. The third kappa shape index (κ3) is 3.37. The Balaban J connectivity index is 2.63. The van der Waals surface area contributed by atoms with Gasteiger partial charge in [0.15, 0.2) is 0 Å². The minimum absolute atomic E-state index is 0.0419. The number of hydrogen-bond acceptors (Lipinski definition) is 2. The number of carboxylic acid groups (broad SMARTS) is 1. The van der Waals surface area contributed by atoms with Gasteiger partial charge in [-0.3, -0.25) is 4.79 Å². The van der Waals surface area contributed by atoms with E-state index in [1.54, 1.807) is 23.8 Å². The van der Waals surface area contributed by atoms with Crippen molar-refractivity contribution >= 4 is 12.0 Å². The molecule has 1 saturated heterocycles. The average molecular weight is 256 g/mol. The van der Waals surface area contributed by atoms with Gasteiger partial charge in [0, 0.05) is 26.7 Å². The van der Waals surface area contributed by atoms with Gasteiger partial charge in [-0.15, -0.1) is 0 Å². The molecule has 1 aliphatic rings. The molecule has 1 aliphatic heterocycles. The first-order chi connectivity index (χ1) is 8.05. The second-order valence-electron chi connectivity index (χ2n) is 6.74. The number of carbonyl (C=O) groups excluding carboxylic acids is 1. The molecule has 0 aromatic rings. The van der Waals surface area contributed by atoms with Crippen LogP contribution >= 0.6 is 0 Å². The number of amides is 2. The van der Waals surface area contributed by atoms with Crippen molar-refractivity contribution in [3.05, 3.63) is 0 Å². The van der Waals surface area contributed by atoms with E-state index in [9.17, 15) is 9.59 Å². The molecule has 2 amide bonds. The fraction of sp³-hybridized carbons (Fsp3) is 0.846. The number of nitrogens with zero attached hydrogens (tertiary/aromatic N) is 2. The number of carbonyl (C=O) groups is 2. The van der Waals surface area contributed by atoms with Crippen LogP contribution in [0.1, 0.15) is 34.1 Å². The summed E-state index contributed by atoms with van der Waals surface area (Å²) < 4.78 is 0. The van der Waals surface area contributed by atoms with Gasteiger partial charge in [0.25, 0.3) is 0 Å². The Morgan fingerprint density at radius 3 is 2.33 bits per heavy atom. The first-order valence-corrected chi connectivity index (χ1v) is 6.29. The van der Waals surface area contributed by atoms with Crippen molar-refractivity contribution in [3.8, 4) is 0 Å². The fourth-order valence-corrected chi connectivity index (χ4v) is 2.32. The van der Waals surface area contributed by atoms with Crippen LogP contribution in [-0.2, 0) is 4.79 Å². The molecule has 0 aromatic carbocycles. The Labute approximate surface area is 109 Å². The smallest absolute Gasteiger partial charge is 0.319 e. The van der Waals surface area contributed by atoms with Crippen molar-refractivity contribution in [2.75, 3.05) is 26.7 Å². The van der Waals surface area contributed by atoms with E-state index < -0.39 is 11.4 Å². The number of hydrogen-bond donors (Lipinski definition) is 1. The monoisotopic (exact) mass is 256 g/mol. The quantitative estimate of drug-likeness (QED) is 0.820. The Morgan fingerprint density at radius 2 is 1.94 bits per heavy atom. The summed E-state index contributed by atoms with van der Waals surface area (Å²) in [6.07, 6.45) is 0.525. The highest BCUT2D eigenvalue weighted by molar-refractivity contribution is 5.79. The molecule has 0 aliphatic carbocycles. The third-order valence-corrected chi connectivity index (χ3v) is 3.30. The summed E-state index contributed by atoms with van der Waals surface area (Å²) >= 11 is 0. The number of likely N-dealkylation sites (tertiary alicyclic amines) is 1. The topological polar surface area (TPSA) is 60.9 Å². The summed E-state index contributed by atoms with van der Waals surface area (Å²) in [4.78, 5) is 26.6. The lowest BCUT2D eigenvalue weighted by Gasteiger charge is -2.30. The minimum atomic E-state index is -0.823. The zero-order valence-electron chi connectivity index (χ0n) is 12.0. The minimum Gasteiger partial charge on any atom is -0.481 e. The molecular formula is C13H24N2O3. The van der Waals surface area contributed by atoms with Crippen LogP contribution in [0.4, 0.5) is 4.79 Å². The van der Waals surface area contributed by atoms with E-state index in [1.807, 2.05) is 0 Å². The lowest BCUT2D eigenvalue weighted by Crippen LogP contribution is -2.44. The molecule has 1 rings (SSSR count). The van der Waals surface area contributed by atoms with E-state index in [4.69, 9.17) is 5.11 Å². The molecule has 0 radical (unpaired) electrons. The van der Waals surface area contributed by atoms with Gasteiger partial charge in [0.05, 0.1) is 5.41 Å². The van der Waals surface area contributed by atoms with Gasteiger partial charge in [-0.25, -0.2) is 4.79 Å². The molecule has 0 spiro atoms. The maximum Gasteiger partial charge on any atom is 0.319 e. The van der Waals surface area contributed by atoms with Gasteiger partial charge in [-0.1, -0.05) is 20.8 Å². The second-order valence-corrected chi connectivity index (χ2v) is 6.74. The molecule has 18 heavy (non-hydrogen) atoms. The van der Waals surface area contributed by atoms with Crippen LogP contribution in [0.2, 0.25) is 0 Å². The number of carboxylic acids is 1. The lowest BCUT2D eigenvalue weighted by molar-refractivity contribution is -0.147. The molecule has 5 nitrogen and oxygen atoms in total. The SMILES string of the molecule is CN(CC(C)(C)C)C(=O)N1CCC(C)(C(=O)O)C1. The molecule has 0 saturated carbocycles. The predicted molar refractivity (Wildman–Crippen MR) is 69.4 cm³/mol. The summed E-state index contributed by atoms with van der Waals surface area (Å²) in [5, 5.41) is 9.15. The Kier molecular flexibility index (Phi) is 3.93. The maximum atomic E-state index is 12.2. The van der Waals surface area contributed by atoms with Gasteiger partial charge in [0.2, 0.25) is 0 Å². The average Bonchev–Trinajstić information content (AvgIpc) is 2.58. The highest BCUT2D eigenvalue weighted by Crippen LogP contribution is 2.30. The second kappa shape index (κ2) is 4.78. The van der Waals surface area contributed by atoms with Crippen LogP contribution in [0.5, 0.6) is 0 Å². The zero-order valence-corrected chi connectivity index (χ0v) is 12.0. The van der Waals surface area contributed by atoms with Crippen LogP contribution in [0.15, 0.2) is 0 Å². The van der Waals surface area contributed by atoms with Crippen molar-refractivity contribution in [2.45, 2.75) is 34.1 Å². The highest BCUT2D eigenvalue weighted by Gasteiger charge is 2.42. The standard InChI is InChI=1S/C13H24N2O3/c1-12(2,3)8-14(5)11(18)15-7-6-13(4,9-15)10(16)17/h6-9H2,1-5H3,(H,16,17). The van der Waals surface area contributed by atoms with Crippen molar-refractivity contribution < 1.29 is 14.7 Å². The molecule has 1 N–H and O–H groups in total. The normalized spacial score (nSPS) is 24.2. The molecule has 5 heteroatoms. The molecule has 1 heterocycles. The number of urea groups is 1. The zero-order chi connectivity index (χ0) is 14.1. The summed E-state index contributed by atoms with van der Waals surface area (Å²) in [6.45, 7) is 9.40. The summed E-state index contributed by atoms with van der Waals surface area (Å²) in [5.41, 5.74) is -0.752. The first-order valence-electron chi connectivity index (χ1n) is 6.29. The van der Waals surface area contributed by atoms with Crippen LogP contribution < -0.4 is 0 Å². The van der Waals surface area contributed by atoms with E-state index in [2.05, 4.69) is 20.8 Å². The van der Waals surface area contributed by atoms with Gasteiger partial charge in [-0.05, 0) is 18.8 Å². The van der Waals surface area contributed by atoms with Crippen molar-refractivity contribution in [2.24, 2.45) is 10.8 Å². The fourth-order valence-electron chi connectivity index (χ4n) is 2.32. The molecule has 1 atom stereocenters. The lowest BCUT2D eigenvalue weighted by atomic mass is 9.90. The van der Waals surface area contributed by atoms with E-state index in [0.29, 0.717) is 26.1 Å². The summed E-state index contributed by atoms with van der Waals surface area (Å²) in [5.74, 6) is -0.823. The maximum absolute atomic E-state index is 12.2. The molecule has 1 unspecified atom stereocenters. The Bertz CT molecular complexity index is 349. The Hall–Kier alpha value is -1.26. The molecular weight excluding hydrogens is 232 g/mol. The van der Waals surface area contributed by atoms with Crippen LogP contribution in [-0.4, -0.2) is 53.6 Å². The molecule has 0 bridgehead atoms. The van der Waals surface area contributed by atoms with Gasteiger partial charge >= 0.3 is 12.0 Å². The summed E-state index contributed by atoms with van der Waals surface area (Å²) in [7, 11) is 1.77.